The van der Waals surface area contributed by atoms with Crippen LogP contribution in [0.4, 0.5) is 0 Å². The Morgan fingerprint density at radius 2 is 0.547 bits per heavy atom. The van der Waals surface area contributed by atoms with Gasteiger partial charge in [0.15, 0.2) is 0 Å². The molecule has 0 saturated heterocycles. The number of ether oxygens (including phenoxy) is 1. The van der Waals surface area contributed by atoms with Gasteiger partial charge >= 0.3 is 5.97 Å². The van der Waals surface area contributed by atoms with Crippen molar-refractivity contribution >= 4 is 11.9 Å². The zero-order chi connectivity index (χ0) is 62.0. The first-order valence-corrected chi connectivity index (χ1v) is 39.3. The number of hydrogen-bond acceptors (Lipinski definition) is 5. The first kappa shape index (κ1) is 84.1. The molecule has 508 valence electrons. The summed E-state index contributed by atoms with van der Waals surface area (Å²) in [6, 6.07) is -0.623. The molecule has 0 fully saturated rings. The third-order valence-electron chi connectivity index (χ3n) is 18.4. The third-order valence-corrected chi connectivity index (χ3v) is 18.4. The average Bonchev–Trinajstić information content (AvgIpc) is 3.53. The van der Waals surface area contributed by atoms with Gasteiger partial charge in [0.25, 0.3) is 0 Å². The monoisotopic (exact) mass is 1210 g/mol. The van der Waals surface area contributed by atoms with Gasteiger partial charge in [0.05, 0.1) is 25.4 Å². The van der Waals surface area contributed by atoms with Crippen LogP contribution in [0.25, 0.3) is 0 Å². The minimum atomic E-state index is -0.840. The normalized spacial score (nSPS) is 12.7. The lowest BCUT2D eigenvalue weighted by Crippen LogP contribution is -2.45. The molecule has 0 bridgehead atoms. The second-order valence-electron chi connectivity index (χ2n) is 27.0. The van der Waals surface area contributed by atoms with Crippen molar-refractivity contribution in [3.05, 3.63) is 36.5 Å². The molecular weight excluding hydrogens is 1050 g/mol. The predicted octanol–water partition coefficient (Wildman–Crippen LogP) is 25.8. The molecule has 0 aliphatic carbocycles. The van der Waals surface area contributed by atoms with E-state index in [-0.39, 0.29) is 18.5 Å². The number of amides is 1. The van der Waals surface area contributed by atoms with Crippen molar-refractivity contribution in [2.75, 3.05) is 13.2 Å². The van der Waals surface area contributed by atoms with Crippen molar-refractivity contribution in [1.29, 1.82) is 0 Å². The fourth-order valence-electron chi connectivity index (χ4n) is 12.4. The molecule has 0 aromatic heterocycles. The first-order chi connectivity index (χ1) is 42.5. The molecule has 6 nitrogen and oxygen atoms in total. The molecule has 2 atom stereocenters. The van der Waals surface area contributed by atoms with E-state index in [0.29, 0.717) is 19.4 Å². The fourth-order valence-corrected chi connectivity index (χ4v) is 12.4. The van der Waals surface area contributed by atoms with E-state index in [1.165, 1.54) is 372 Å². The molecule has 0 radical (unpaired) electrons. The van der Waals surface area contributed by atoms with Crippen LogP contribution in [0.5, 0.6) is 0 Å². The largest absolute Gasteiger partial charge is 0.466 e. The second-order valence-corrected chi connectivity index (χ2v) is 27.0. The Balaban J connectivity index is 3.31. The molecule has 0 spiro atoms. The van der Waals surface area contributed by atoms with Crippen molar-refractivity contribution in [1.82, 2.24) is 5.32 Å². The number of allylic oxidation sites excluding steroid dienone is 5. The van der Waals surface area contributed by atoms with E-state index < -0.39 is 12.1 Å². The van der Waals surface area contributed by atoms with Crippen LogP contribution in [-0.2, 0) is 14.3 Å². The van der Waals surface area contributed by atoms with Crippen molar-refractivity contribution in [3.8, 4) is 0 Å². The highest BCUT2D eigenvalue weighted by atomic mass is 16.5. The van der Waals surface area contributed by atoms with Crippen LogP contribution in [0.1, 0.15) is 438 Å². The van der Waals surface area contributed by atoms with Gasteiger partial charge in [0, 0.05) is 12.8 Å². The highest BCUT2D eigenvalue weighted by Gasteiger charge is 2.18. The van der Waals surface area contributed by atoms with Gasteiger partial charge in [-0.1, -0.05) is 378 Å². The fraction of sp³-hybridized carbons (Fsp3) is 0.900. The Kier molecular flexibility index (Phi) is 73.9. The van der Waals surface area contributed by atoms with E-state index in [4.69, 9.17) is 4.74 Å². The Hall–Kier alpha value is -1.92. The zero-order valence-corrected chi connectivity index (χ0v) is 58.3. The number of hydrogen-bond donors (Lipinski definition) is 3. The molecule has 0 heterocycles. The SMILES string of the molecule is CCCCCCCCC/C=C\CCCCCCCCCC(=O)OCCCCCCCCCCCCCCCCCCCC/C=C\CCCCCCCCCCCCCCCCCCCC(=O)NC(CO)C(O)/C=C/CCCCCCCCCCCC. The highest BCUT2D eigenvalue weighted by molar-refractivity contribution is 5.76. The van der Waals surface area contributed by atoms with Crippen molar-refractivity contribution in [2.24, 2.45) is 0 Å². The van der Waals surface area contributed by atoms with Crippen LogP contribution >= 0.6 is 0 Å². The standard InChI is InChI=1S/C80H153NO5/c1-3-5-7-9-11-13-15-17-18-19-44-47-50-54-58-62-66-70-74-80(85)86-75-71-67-63-59-55-51-48-45-42-40-38-36-34-32-30-28-26-24-22-20-21-23-25-27-29-31-33-35-37-39-41-43-46-49-53-57-61-65-69-73-79(84)81-77(76-82)78(83)72-68-64-60-56-52-16-14-12-10-8-6-4-2/h18-21,68,72,77-78,82-83H,3-17,22-67,69-71,73-76H2,1-2H3,(H,81,84)/b19-18-,21-20-,72-68+. The maximum atomic E-state index is 12.5. The van der Waals surface area contributed by atoms with Gasteiger partial charge in [-0.2, -0.15) is 0 Å². The van der Waals surface area contributed by atoms with Crippen LogP contribution in [0, 0.1) is 0 Å². The Bertz CT molecular complexity index is 1390. The Morgan fingerprint density at radius 1 is 0.314 bits per heavy atom. The molecule has 0 aromatic rings. The lowest BCUT2D eigenvalue weighted by Gasteiger charge is -2.20. The van der Waals surface area contributed by atoms with Gasteiger partial charge in [-0.25, -0.2) is 0 Å². The molecule has 0 aliphatic rings. The zero-order valence-electron chi connectivity index (χ0n) is 58.3. The van der Waals surface area contributed by atoms with Gasteiger partial charge in [0.1, 0.15) is 0 Å². The molecule has 0 aliphatic heterocycles. The number of aliphatic hydroxyl groups is 2. The summed E-state index contributed by atoms with van der Waals surface area (Å²) in [5.41, 5.74) is 0. The van der Waals surface area contributed by atoms with Gasteiger partial charge < -0.3 is 20.3 Å². The van der Waals surface area contributed by atoms with Crippen molar-refractivity contribution in [2.45, 2.75) is 450 Å². The minimum absolute atomic E-state index is 0.0200. The maximum Gasteiger partial charge on any atom is 0.305 e. The number of unbranched alkanes of at least 4 members (excludes halogenated alkanes) is 59. The molecule has 2 unspecified atom stereocenters. The summed E-state index contributed by atoms with van der Waals surface area (Å²) >= 11 is 0. The minimum Gasteiger partial charge on any atom is -0.466 e. The predicted molar refractivity (Wildman–Crippen MR) is 379 cm³/mol. The first-order valence-electron chi connectivity index (χ1n) is 39.3. The van der Waals surface area contributed by atoms with Crippen LogP contribution < -0.4 is 5.32 Å². The molecule has 0 rings (SSSR count). The van der Waals surface area contributed by atoms with E-state index in [1.54, 1.807) is 6.08 Å². The smallest absolute Gasteiger partial charge is 0.305 e. The van der Waals surface area contributed by atoms with E-state index >= 15 is 0 Å². The lowest BCUT2D eigenvalue weighted by molar-refractivity contribution is -0.143. The Labute approximate surface area is 538 Å². The summed E-state index contributed by atoms with van der Waals surface area (Å²) in [4.78, 5) is 24.6. The second kappa shape index (κ2) is 75.5. The third kappa shape index (κ3) is 71.2. The van der Waals surface area contributed by atoms with Crippen LogP contribution in [-0.4, -0.2) is 47.4 Å². The number of rotatable bonds is 74. The molecule has 6 heteroatoms. The molecule has 0 saturated carbocycles. The molecule has 0 aromatic carbocycles. The van der Waals surface area contributed by atoms with Crippen molar-refractivity contribution < 1.29 is 24.5 Å². The summed E-state index contributed by atoms with van der Waals surface area (Å²) in [5.74, 6) is -0.0425. The Morgan fingerprint density at radius 3 is 0.826 bits per heavy atom. The lowest BCUT2D eigenvalue weighted by atomic mass is 10.0. The quantitative estimate of drug-likeness (QED) is 0.0320. The number of esters is 1. The van der Waals surface area contributed by atoms with Gasteiger partial charge in [-0.15, -0.1) is 0 Å². The summed E-state index contributed by atoms with van der Waals surface area (Å²) < 4.78 is 5.51. The van der Waals surface area contributed by atoms with Crippen LogP contribution in [0.15, 0.2) is 36.5 Å². The topological polar surface area (TPSA) is 95.9 Å². The molecule has 3 N–H and O–H groups in total. The summed E-state index contributed by atoms with van der Waals surface area (Å²) in [7, 11) is 0. The number of carbonyl (C=O) groups is 2. The molecular formula is C80H153NO5. The average molecular weight is 1210 g/mol. The van der Waals surface area contributed by atoms with E-state index in [2.05, 4.69) is 43.5 Å². The molecule has 1 amide bonds. The summed E-state index contributed by atoms with van der Waals surface area (Å²) in [6.45, 7) is 4.93. The van der Waals surface area contributed by atoms with Gasteiger partial charge in [-0.05, 0) is 83.5 Å². The summed E-state index contributed by atoms with van der Waals surface area (Å²) in [6.07, 6.45) is 98.5. The van der Waals surface area contributed by atoms with Crippen molar-refractivity contribution in [3.63, 3.8) is 0 Å². The number of aliphatic hydroxyl groups excluding tert-OH is 2. The highest BCUT2D eigenvalue weighted by Crippen LogP contribution is 2.19. The van der Waals surface area contributed by atoms with Crippen LogP contribution in [0.2, 0.25) is 0 Å². The summed E-state index contributed by atoms with van der Waals surface area (Å²) in [5, 5.41) is 23.1. The van der Waals surface area contributed by atoms with E-state index in [1.807, 2.05) is 6.08 Å². The number of nitrogens with one attached hydrogen (secondary N) is 1. The van der Waals surface area contributed by atoms with Gasteiger partial charge in [0.2, 0.25) is 5.91 Å². The maximum absolute atomic E-state index is 12.5. The van der Waals surface area contributed by atoms with Crippen LogP contribution in [0.3, 0.4) is 0 Å². The molecule has 86 heavy (non-hydrogen) atoms. The van der Waals surface area contributed by atoms with E-state index in [0.717, 1.165) is 38.5 Å². The number of carbonyl (C=O) groups excluding carboxylic acids is 2. The van der Waals surface area contributed by atoms with E-state index in [9.17, 15) is 19.8 Å². The van der Waals surface area contributed by atoms with Gasteiger partial charge in [-0.3, -0.25) is 9.59 Å².